The Bertz CT molecular complexity index is 252. The summed E-state index contributed by atoms with van der Waals surface area (Å²) in [5.74, 6) is -0.336. The van der Waals surface area contributed by atoms with Gasteiger partial charge in [0.05, 0.1) is 0 Å². The van der Waals surface area contributed by atoms with Crippen molar-refractivity contribution in [3.8, 4) is 0 Å². The fourth-order valence-electron chi connectivity index (χ4n) is 2.77. The third-order valence-corrected chi connectivity index (χ3v) is 3.70. The standard InChI is InChI=1S/C11H20N2O3/c14-10(13-6-4-12-5-7-13)8-2-1-3-9(8)11(15)16/h8-9,11-12,15-16H,1-7H2/t8-,9-/m1/s1. The van der Waals surface area contributed by atoms with Crippen molar-refractivity contribution in [1.82, 2.24) is 10.2 Å². The third kappa shape index (κ3) is 2.36. The van der Waals surface area contributed by atoms with Gasteiger partial charge in [-0.25, -0.2) is 0 Å². The van der Waals surface area contributed by atoms with Crippen LogP contribution in [-0.4, -0.2) is 53.5 Å². The van der Waals surface area contributed by atoms with E-state index in [0.29, 0.717) is 0 Å². The van der Waals surface area contributed by atoms with Gasteiger partial charge in [0.15, 0.2) is 6.29 Å². The second-order valence-corrected chi connectivity index (χ2v) is 4.69. The quantitative estimate of drug-likeness (QED) is 0.538. The minimum absolute atomic E-state index is 0.108. The Labute approximate surface area is 95.4 Å². The van der Waals surface area contributed by atoms with Crippen LogP contribution >= 0.6 is 0 Å². The Hall–Kier alpha value is -0.650. The molecule has 0 aromatic rings. The van der Waals surface area contributed by atoms with Crippen LogP contribution < -0.4 is 5.32 Å². The normalized spacial score (nSPS) is 31.1. The average Bonchev–Trinajstić information content (AvgIpc) is 2.78. The zero-order valence-electron chi connectivity index (χ0n) is 9.43. The molecule has 1 aliphatic heterocycles. The molecule has 92 valence electrons. The lowest BCUT2D eigenvalue weighted by Crippen LogP contribution is -2.49. The molecule has 2 aliphatic rings. The van der Waals surface area contributed by atoms with E-state index < -0.39 is 6.29 Å². The van der Waals surface area contributed by atoms with Gasteiger partial charge in [-0.05, 0) is 12.8 Å². The molecule has 0 spiro atoms. The van der Waals surface area contributed by atoms with Crippen LogP contribution in [0.25, 0.3) is 0 Å². The van der Waals surface area contributed by atoms with E-state index in [4.69, 9.17) is 0 Å². The molecule has 0 aromatic carbocycles. The maximum absolute atomic E-state index is 12.2. The fourth-order valence-corrected chi connectivity index (χ4v) is 2.77. The highest BCUT2D eigenvalue weighted by Crippen LogP contribution is 2.34. The maximum atomic E-state index is 12.2. The molecular formula is C11H20N2O3. The Balaban J connectivity index is 1.97. The van der Waals surface area contributed by atoms with Gasteiger partial charge in [0, 0.05) is 38.0 Å². The number of nitrogens with one attached hydrogen (secondary N) is 1. The highest BCUT2D eigenvalue weighted by atomic mass is 16.5. The van der Waals surface area contributed by atoms with Crippen LogP contribution in [0.3, 0.4) is 0 Å². The molecule has 0 bridgehead atoms. The molecule has 5 nitrogen and oxygen atoms in total. The summed E-state index contributed by atoms with van der Waals surface area (Å²) in [5, 5.41) is 21.7. The maximum Gasteiger partial charge on any atom is 0.226 e. The predicted molar refractivity (Wildman–Crippen MR) is 58.5 cm³/mol. The first-order valence-corrected chi connectivity index (χ1v) is 6.06. The van der Waals surface area contributed by atoms with E-state index in [9.17, 15) is 15.0 Å². The molecule has 0 aromatic heterocycles. The van der Waals surface area contributed by atoms with Gasteiger partial charge in [0.2, 0.25) is 5.91 Å². The lowest BCUT2D eigenvalue weighted by molar-refractivity contribution is -0.146. The minimum atomic E-state index is -1.35. The molecule has 2 fully saturated rings. The summed E-state index contributed by atoms with van der Waals surface area (Å²) < 4.78 is 0. The van der Waals surface area contributed by atoms with E-state index in [2.05, 4.69) is 5.32 Å². The van der Waals surface area contributed by atoms with Crippen LogP contribution in [0.5, 0.6) is 0 Å². The zero-order valence-corrected chi connectivity index (χ0v) is 9.43. The molecule has 1 amide bonds. The molecule has 16 heavy (non-hydrogen) atoms. The second-order valence-electron chi connectivity index (χ2n) is 4.69. The zero-order chi connectivity index (χ0) is 11.5. The highest BCUT2D eigenvalue weighted by molar-refractivity contribution is 5.79. The number of piperazine rings is 1. The number of aliphatic hydroxyl groups is 2. The van der Waals surface area contributed by atoms with Crippen LogP contribution in [0.1, 0.15) is 19.3 Å². The van der Waals surface area contributed by atoms with E-state index in [-0.39, 0.29) is 17.7 Å². The Morgan fingerprint density at radius 3 is 2.56 bits per heavy atom. The van der Waals surface area contributed by atoms with Gasteiger partial charge in [-0.1, -0.05) is 6.42 Å². The monoisotopic (exact) mass is 228 g/mol. The molecule has 1 saturated carbocycles. The number of amides is 1. The summed E-state index contributed by atoms with van der Waals surface area (Å²) in [6.07, 6.45) is 1.12. The van der Waals surface area contributed by atoms with Gasteiger partial charge in [0.1, 0.15) is 0 Å². The van der Waals surface area contributed by atoms with Crippen molar-refractivity contribution < 1.29 is 15.0 Å². The SMILES string of the molecule is O=C([C@@H]1CCC[C@H]1C(O)O)N1CCNCC1. The summed E-state index contributed by atoms with van der Waals surface area (Å²) >= 11 is 0. The molecule has 0 unspecified atom stereocenters. The van der Waals surface area contributed by atoms with E-state index in [1.54, 1.807) is 0 Å². The van der Waals surface area contributed by atoms with Gasteiger partial charge in [-0.3, -0.25) is 4.79 Å². The van der Waals surface area contributed by atoms with Crippen LogP contribution in [0, 0.1) is 11.8 Å². The molecule has 0 radical (unpaired) electrons. The van der Waals surface area contributed by atoms with Crippen molar-refractivity contribution in [3.05, 3.63) is 0 Å². The molecule has 5 heteroatoms. The molecule has 1 heterocycles. The van der Waals surface area contributed by atoms with Crippen LogP contribution in [-0.2, 0) is 4.79 Å². The largest absolute Gasteiger partial charge is 0.368 e. The van der Waals surface area contributed by atoms with Gasteiger partial charge in [-0.2, -0.15) is 0 Å². The molecule has 1 saturated heterocycles. The van der Waals surface area contributed by atoms with Crippen molar-refractivity contribution >= 4 is 5.91 Å². The number of rotatable bonds is 2. The van der Waals surface area contributed by atoms with Crippen LogP contribution in [0.2, 0.25) is 0 Å². The number of hydrogen-bond donors (Lipinski definition) is 3. The summed E-state index contributed by atoms with van der Waals surface area (Å²) in [5.41, 5.74) is 0. The summed E-state index contributed by atoms with van der Waals surface area (Å²) in [7, 11) is 0. The Morgan fingerprint density at radius 1 is 1.25 bits per heavy atom. The minimum Gasteiger partial charge on any atom is -0.368 e. The third-order valence-electron chi connectivity index (χ3n) is 3.70. The van der Waals surface area contributed by atoms with Gasteiger partial charge >= 0.3 is 0 Å². The van der Waals surface area contributed by atoms with Crippen molar-refractivity contribution in [2.24, 2.45) is 11.8 Å². The van der Waals surface area contributed by atoms with Crippen molar-refractivity contribution in [2.45, 2.75) is 25.6 Å². The van der Waals surface area contributed by atoms with E-state index in [1.807, 2.05) is 4.90 Å². The molecule has 2 atom stereocenters. The number of aliphatic hydroxyl groups excluding tert-OH is 1. The number of carbonyl (C=O) groups excluding carboxylic acids is 1. The van der Waals surface area contributed by atoms with Gasteiger partial charge < -0.3 is 20.4 Å². The lowest BCUT2D eigenvalue weighted by Gasteiger charge is -2.32. The molecule has 1 aliphatic carbocycles. The van der Waals surface area contributed by atoms with E-state index in [0.717, 1.165) is 45.4 Å². The van der Waals surface area contributed by atoms with E-state index >= 15 is 0 Å². The van der Waals surface area contributed by atoms with Gasteiger partial charge in [0.25, 0.3) is 0 Å². The summed E-state index contributed by atoms with van der Waals surface area (Å²) in [6.45, 7) is 3.16. The average molecular weight is 228 g/mol. The second kappa shape index (κ2) is 5.12. The first kappa shape index (κ1) is 11.8. The molecule has 3 N–H and O–H groups in total. The van der Waals surface area contributed by atoms with E-state index in [1.165, 1.54) is 0 Å². The van der Waals surface area contributed by atoms with Gasteiger partial charge in [-0.15, -0.1) is 0 Å². The fraction of sp³-hybridized carbons (Fsp3) is 0.909. The highest BCUT2D eigenvalue weighted by Gasteiger charge is 2.38. The number of nitrogens with zero attached hydrogens (tertiary/aromatic N) is 1. The van der Waals surface area contributed by atoms with Crippen molar-refractivity contribution in [1.29, 1.82) is 0 Å². The molecular weight excluding hydrogens is 208 g/mol. The van der Waals surface area contributed by atoms with Crippen molar-refractivity contribution in [3.63, 3.8) is 0 Å². The molecule has 2 rings (SSSR count). The predicted octanol–water partition coefficient (Wildman–Crippen LogP) is -0.855. The first-order chi connectivity index (χ1) is 7.70. The Kier molecular flexibility index (Phi) is 3.78. The number of carbonyl (C=O) groups is 1. The summed E-state index contributed by atoms with van der Waals surface area (Å²) in [4.78, 5) is 14.0. The number of hydrogen-bond acceptors (Lipinski definition) is 4. The summed E-state index contributed by atoms with van der Waals surface area (Å²) in [6, 6.07) is 0. The van der Waals surface area contributed by atoms with Crippen LogP contribution in [0.15, 0.2) is 0 Å². The van der Waals surface area contributed by atoms with Crippen molar-refractivity contribution in [2.75, 3.05) is 26.2 Å². The van der Waals surface area contributed by atoms with Crippen LogP contribution in [0.4, 0.5) is 0 Å². The lowest BCUT2D eigenvalue weighted by atomic mass is 9.94. The topological polar surface area (TPSA) is 72.8 Å². The Morgan fingerprint density at radius 2 is 1.94 bits per heavy atom. The smallest absolute Gasteiger partial charge is 0.226 e. The first-order valence-electron chi connectivity index (χ1n) is 6.06.